The largest absolute Gasteiger partial charge is 0.492 e. The van der Waals surface area contributed by atoms with Crippen molar-refractivity contribution in [2.45, 2.75) is 33.4 Å². The van der Waals surface area contributed by atoms with E-state index < -0.39 is 0 Å². The van der Waals surface area contributed by atoms with E-state index in [-0.39, 0.29) is 0 Å². The van der Waals surface area contributed by atoms with Crippen LogP contribution in [0.25, 0.3) is 0 Å². The van der Waals surface area contributed by atoms with Crippen LogP contribution in [0.15, 0.2) is 42.6 Å². The van der Waals surface area contributed by atoms with Crippen molar-refractivity contribution < 1.29 is 4.74 Å². The molecule has 0 atom stereocenters. The van der Waals surface area contributed by atoms with Gasteiger partial charge in [-0.25, -0.2) is 0 Å². The maximum Gasteiger partial charge on any atom is 0.142 e. The van der Waals surface area contributed by atoms with E-state index in [9.17, 15) is 0 Å². The minimum Gasteiger partial charge on any atom is -0.492 e. The molecule has 0 amide bonds. The molecule has 0 aliphatic carbocycles. The molecule has 3 heteroatoms. The van der Waals surface area contributed by atoms with Crippen molar-refractivity contribution in [1.82, 2.24) is 4.57 Å². The van der Waals surface area contributed by atoms with Crippen LogP contribution in [0.5, 0.6) is 5.75 Å². The molecule has 2 aromatic rings. The van der Waals surface area contributed by atoms with Gasteiger partial charge in [0.15, 0.2) is 0 Å². The fraction of sp³-hybridized carbons (Fsp3) is 0.375. The Bertz CT molecular complexity index is 505. The van der Waals surface area contributed by atoms with Gasteiger partial charge in [-0.1, -0.05) is 19.1 Å². The van der Waals surface area contributed by atoms with Gasteiger partial charge in [-0.15, -0.1) is 0 Å². The summed E-state index contributed by atoms with van der Waals surface area (Å²) >= 11 is 0. The summed E-state index contributed by atoms with van der Waals surface area (Å²) in [6.07, 6.45) is 3.28. The summed E-state index contributed by atoms with van der Waals surface area (Å²) in [5.74, 6) is 0.915. The second kappa shape index (κ2) is 6.88. The lowest BCUT2D eigenvalue weighted by Crippen LogP contribution is -2.08. The fourth-order valence-electron chi connectivity index (χ4n) is 2.15. The van der Waals surface area contributed by atoms with E-state index in [1.54, 1.807) is 0 Å². The van der Waals surface area contributed by atoms with Crippen LogP contribution < -0.4 is 10.1 Å². The van der Waals surface area contributed by atoms with Gasteiger partial charge in [0.25, 0.3) is 0 Å². The summed E-state index contributed by atoms with van der Waals surface area (Å²) in [5.41, 5.74) is 2.35. The Labute approximate surface area is 115 Å². The van der Waals surface area contributed by atoms with Crippen molar-refractivity contribution in [3.63, 3.8) is 0 Å². The fourth-order valence-corrected chi connectivity index (χ4v) is 2.15. The molecule has 0 spiro atoms. The highest BCUT2D eigenvalue weighted by molar-refractivity contribution is 5.56. The maximum atomic E-state index is 5.62. The molecule has 102 valence electrons. The number of nitrogens with one attached hydrogen (secondary N) is 1. The second-order valence-corrected chi connectivity index (χ2v) is 4.48. The first-order chi connectivity index (χ1) is 9.35. The summed E-state index contributed by atoms with van der Waals surface area (Å²) in [6.45, 7) is 6.77. The Morgan fingerprint density at radius 2 is 1.95 bits per heavy atom. The van der Waals surface area contributed by atoms with Gasteiger partial charge in [-0.3, -0.25) is 0 Å². The van der Waals surface area contributed by atoms with Crippen LogP contribution in [0.3, 0.4) is 0 Å². The lowest BCUT2D eigenvalue weighted by atomic mass is 10.3. The van der Waals surface area contributed by atoms with Gasteiger partial charge in [-0.05, 0) is 37.6 Å². The molecular weight excluding hydrogens is 236 g/mol. The van der Waals surface area contributed by atoms with Gasteiger partial charge < -0.3 is 14.6 Å². The zero-order valence-corrected chi connectivity index (χ0v) is 11.7. The van der Waals surface area contributed by atoms with Gasteiger partial charge in [0.05, 0.1) is 18.8 Å². The van der Waals surface area contributed by atoms with Crippen molar-refractivity contribution in [3.8, 4) is 5.75 Å². The number of para-hydroxylation sites is 2. The van der Waals surface area contributed by atoms with E-state index in [1.165, 1.54) is 5.69 Å². The molecule has 19 heavy (non-hydrogen) atoms. The number of aromatic nitrogens is 1. The maximum absolute atomic E-state index is 5.62. The van der Waals surface area contributed by atoms with Crippen molar-refractivity contribution in [3.05, 3.63) is 48.3 Å². The third kappa shape index (κ3) is 3.53. The number of hydrogen-bond donors (Lipinski definition) is 1. The SMILES string of the molecule is CCCn1cccc1CNc1ccccc1OCC. The standard InChI is InChI=1S/C16H22N2O/c1-3-11-18-12-7-8-14(18)13-17-15-9-5-6-10-16(15)19-4-2/h5-10,12,17H,3-4,11,13H2,1-2H3. The number of aryl methyl sites for hydroxylation is 1. The Hall–Kier alpha value is -1.90. The first-order valence-corrected chi connectivity index (χ1v) is 6.94. The van der Waals surface area contributed by atoms with Crippen molar-refractivity contribution in [1.29, 1.82) is 0 Å². The minimum atomic E-state index is 0.685. The van der Waals surface area contributed by atoms with E-state index in [0.717, 1.165) is 30.9 Å². The predicted octanol–water partition coefficient (Wildman–Crippen LogP) is 3.91. The first kappa shape index (κ1) is 13.5. The molecule has 1 heterocycles. The topological polar surface area (TPSA) is 26.2 Å². The van der Waals surface area contributed by atoms with Crippen molar-refractivity contribution in [2.75, 3.05) is 11.9 Å². The summed E-state index contributed by atoms with van der Waals surface area (Å²) in [6, 6.07) is 12.3. The average Bonchev–Trinajstić information content (AvgIpc) is 2.86. The molecule has 2 rings (SSSR count). The minimum absolute atomic E-state index is 0.685. The Balaban J connectivity index is 2.03. The third-order valence-corrected chi connectivity index (χ3v) is 3.03. The van der Waals surface area contributed by atoms with E-state index in [1.807, 2.05) is 25.1 Å². The molecule has 3 nitrogen and oxygen atoms in total. The lowest BCUT2D eigenvalue weighted by Gasteiger charge is -2.13. The summed E-state index contributed by atoms with van der Waals surface area (Å²) in [5, 5.41) is 3.45. The van der Waals surface area contributed by atoms with Gasteiger partial charge in [0.1, 0.15) is 5.75 Å². The summed E-state index contributed by atoms with van der Waals surface area (Å²) in [7, 11) is 0. The number of anilines is 1. The van der Waals surface area contributed by atoms with Gasteiger partial charge in [0.2, 0.25) is 0 Å². The molecule has 0 unspecified atom stereocenters. The zero-order valence-electron chi connectivity index (χ0n) is 11.7. The Morgan fingerprint density at radius 1 is 1.11 bits per heavy atom. The monoisotopic (exact) mass is 258 g/mol. The van der Waals surface area contributed by atoms with Crippen LogP contribution >= 0.6 is 0 Å². The lowest BCUT2D eigenvalue weighted by molar-refractivity contribution is 0.341. The molecule has 0 bridgehead atoms. The molecular formula is C16H22N2O. The van der Waals surface area contributed by atoms with Crippen LogP contribution in [0, 0.1) is 0 Å². The molecule has 0 saturated carbocycles. The second-order valence-electron chi connectivity index (χ2n) is 4.48. The molecule has 0 radical (unpaired) electrons. The highest BCUT2D eigenvalue weighted by Gasteiger charge is 2.04. The number of hydrogen-bond acceptors (Lipinski definition) is 2. The molecule has 0 saturated heterocycles. The first-order valence-electron chi connectivity index (χ1n) is 6.94. The number of nitrogens with zero attached hydrogens (tertiary/aromatic N) is 1. The summed E-state index contributed by atoms with van der Waals surface area (Å²) in [4.78, 5) is 0. The van der Waals surface area contributed by atoms with E-state index in [4.69, 9.17) is 4.74 Å². The number of ether oxygens (including phenoxy) is 1. The van der Waals surface area contributed by atoms with Crippen LogP contribution in [-0.4, -0.2) is 11.2 Å². The van der Waals surface area contributed by atoms with Crippen molar-refractivity contribution >= 4 is 5.69 Å². The quantitative estimate of drug-likeness (QED) is 0.815. The smallest absolute Gasteiger partial charge is 0.142 e. The average molecular weight is 258 g/mol. The van der Waals surface area contributed by atoms with Crippen LogP contribution in [0.1, 0.15) is 26.0 Å². The Kier molecular flexibility index (Phi) is 4.90. The zero-order chi connectivity index (χ0) is 13.5. The molecule has 0 aliphatic rings. The van der Waals surface area contributed by atoms with Gasteiger partial charge in [0, 0.05) is 18.4 Å². The van der Waals surface area contributed by atoms with Gasteiger partial charge in [-0.2, -0.15) is 0 Å². The third-order valence-electron chi connectivity index (χ3n) is 3.03. The number of rotatable bonds is 7. The van der Waals surface area contributed by atoms with E-state index >= 15 is 0 Å². The molecule has 1 N–H and O–H groups in total. The molecule has 1 aromatic heterocycles. The van der Waals surface area contributed by atoms with E-state index in [2.05, 4.69) is 41.2 Å². The van der Waals surface area contributed by atoms with E-state index in [0.29, 0.717) is 6.61 Å². The Morgan fingerprint density at radius 3 is 2.74 bits per heavy atom. The van der Waals surface area contributed by atoms with Crippen molar-refractivity contribution in [2.24, 2.45) is 0 Å². The molecule has 1 aromatic carbocycles. The highest BCUT2D eigenvalue weighted by atomic mass is 16.5. The predicted molar refractivity (Wildman–Crippen MR) is 79.7 cm³/mol. The number of benzene rings is 1. The van der Waals surface area contributed by atoms with Crippen LogP contribution in [0.2, 0.25) is 0 Å². The van der Waals surface area contributed by atoms with Crippen LogP contribution in [0.4, 0.5) is 5.69 Å². The summed E-state index contributed by atoms with van der Waals surface area (Å²) < 4.78 is 7.90. The normalized spacial score (nSPS) is 10.4. The van der Waals surface area contributed by atoms with Gasteiger partial charge >= 0.3 is 0 Å². The van der Waals surface area contributed by atoms with Crippen LogP contribution in [-0.2, 0) is 13.1 Å². The molecule has 0 fully saturated rings. The molecule has 0 aliphatic heterocycles. The highest BCUT2D eigenvalue weighted by Crippen LogP contribution is 2.24.